The van der Waals surface area contributed by atoms with Crippen molar-refractivity contribution in [3.8, 4) is 0 Å². The van der Waals surface area contributed by atoms with Gasteiger partial charge in [0.2, 0.25) is 0 Å². The molecule has 2 atom stereocenters. The van der Waals surface area contributed by atoms with Crippen molar-refractivity contribution in [1.82, 2.24) is 5.32 Å². The lowest BCUT2D eigenvalue weighted by Crippen LogP contribution is -2.27. The third-order valence-corrected chi connectivity index (χ3v) is 2.22. The van der Waals surface area contributed by atoms with Crippen LogP contribution in [0, 0.1) is 5.41 Å². The van der Waals surface area contributed by atoms with Gasteiger partial charge < -0.3 is 14.8 Å². The van der Waals surface area contributed by atoms with Gasteiger partial charge in [-0.25, -0.2) is 4.79 Å². The summed E-state index contributed by atoms with van der Waals surface area (Å²) < 4.78 is 9.95. The molecule has 0 aliphatic carbocycles. The van der Waals surface area contributed by atoms with E-state index in [1.54, 1.807) is 39.8 Å². The molecule has 0 spiro atoms. The normalized spacial score (nSPS) is 22.1. The second-order valence-corrected chi connectivity index (χ2v) is 5.09. The average molecular weight is 241 g/mol. The fraction of sp³-hybridized carbons (Fsp3) is 0.667. The van der Waals surface area contributed by atoms with Gasteiger partial charge in [0.1, 0.15) is 12.7 Å². The summed E-state index contributed by atoms with van der Waals surface area (Å²) in [6.07, 6.45) is 2.77. The Morgan fingerprint density at radius 3 is 2.71 bits per heavy atom. The van der Waals surface area contributed by atoms with E-state index in [2.05, 4.69) is 5.32 Å². The predicted octanol–water partition coefficient (Wildman–Crippen LogP) is 1.63. The van der Waals surface area contributed by atoms with Gasteiger partial charge in [-0.1, -0.05) is 6.08 Å². The zero-order valence-corrected chi connectivity index (χ0v) is 10.6. The van der Waals surface area contributed by atoms with Crippen LogP contribution in [0.4, 0.5) is 4.79 Å². The van der Waals surface area contributed by atoms with Crippen LogP contribution in [0.3, 0.4) is 0 Å². The molecule has 1 saturated heterocycles. The third kappa shape index (κ3) is 4.46. The summed E-state index contributed by atoms with van der Waals surface area (Å²) in [6.45, 7) is 7.50. The molecule has 1 heterocycles. The molecule has 0 unspecified atom stereocenters. The first-order valence-corrected chi connectivity index (χ1v) is 5.62. The molecule has 17 heavy (non-hydrogen) atoms. The van der Waals surface area contributed by atoms with E-state index in [9.17, 15) is 9.59 Å². The van der Waals surface area contributed by atoms with Crippen molar-refractivity contribution in [1.29, 1.82) is 0 Å². The lowest BCUT2D eigenvalue weighted by molar-refractivity contribution is -0.155. The van der Waals surface area contributed by atoms with E-state index in [-0.39, 0.29) is 18.1 Å². The number of ether oxygens (including phenoxy) is 2. The van der Waals surface area contributed by atoms with Gasteiger partial charge >= 0.3 is 12.1 Å². The smallest absolute Gasteiger partial charge is 0.407 e. The Hall–Kier alpha value is -1.52. The lowest BCUT2D eigenvalue weighted by atomic mass is 9.97. The first-order chi connectivity index (χ1) is 7.79. The van der Waals surface area contributed by atoms with E-state index in [0.29, 0.717) is 6.61 Å². The monoisotopic (exact) mass is 241 g/mol. The molecule has 5 nitrogen and oxygen atoms in total. The predicted molar refractivity (Wildman–Crippen MR) is 62.4 cm³/mol. The molecule has 5 heteroatoms. The fourth-order valence-corrected chi connectivity index (χ4v) is 1.18. The zero-order chi connectivity index (χ0) is 13.1. The molecule has 0 aromatic rings. The fourth-order valence-electron chi connectivity index (χ4n) is 1.18. The highest BCUT2D eigenvalue weighted by Gasteiger charge is 2.24. The highest BCUT2D eigenvalue weighted by atomic mass is 16.6. The van der Waals surface area contributed by atoms with Crippen molar-refractivity contribution < 1.29 is 19.1 Å². The highest BCUT2D eigenvalue weighted by molar-refractivity contribution is 5.75. The van der Waals surface area contributed by atoms with E-state index < -0.39 is 11.5 Å². The van der Waals surface area contributed by atoms with Gasteiger partial charge in [0, 0.05) is 0 Å². The number of rotatable bonds is 3. The number of nitrogens with one attached hydrogen (secondary N) is 1. The van der Waals surface area contributed by atoms with Crippen LogP contribution in [-0.2, 0) is 14.3 Å². The molecular formula is C12H19NO4. The van der Waals surface area contributed by atoms with Crippen LogP contribution in [0.2, 0.25) is 0 Å². The molecular weight excluding hydrogens is 222 g/mol. The molecule has 0 bridgehead atoms. The van der Waals surface area contributed by atoms with Gasteiger partial charge in [-0.2, -0.15) is 0 Å². The molecule has 0 radical (unpaired) electrons. The number of carbonyl (C=O) groups excluding carboxylic acids is 2. The zero-order valence-electron chi connectivity index (χ0n) is 10.6. The minimum Gasteiger partial charge on any atom is -0.458 e. The van der Waals surface area contributed by atoms with Crippen molar-refractivity contribution >= 4 is 12.1 Å². The molecule has 1 fully saturated rings. The van der Waals surface area contributed by atoms with E-state index in [1.807, 2.05) is 0 Å². The SMILES string of the molecule is C[C@H](/C=C/[C@H]1COC(=O)N1)OC(=O)C(C)(C)C. The Morgan fingerprint density at radius 1 is 1.59 bits per heavy atom. The maximum Gasteiger partial charge on any atom is 0.407 e. The summed E-state index contributed by atoms with van der Waals surface area (Å²) >= 11 is 0. The summed E-state index contributed by atoms with van der Waals surface area (Å²) in [4.78, 5) is 22.3. The molecule has 0 aromatic carbocycles. The average Bonchev–Trinajstić information content (AvgIpc) is 2.60. The van der Waals surface area contributed by atoms with E-state index >= 15 is 0 Å². The Kier molecular flexibility index (Phi) is 4.15. The van der Waals surface area contributed by atoms with E-state index in [0.717, 1.165) is 0 Å². The summed E-state index contributed by atoms with van der Waals surface area (Å²) in [6, 6.07) is -0.140. The summed E-state index contributed by atoms with van der Waals surface area (Å²) in [5.74, 6) is -0.249. The number of cyclic esters (lactones) is 1. The van der Waals surface area contributed by atoms with Crippen molar-refractivity contribution in [3.05, 3.63) is 12.2 Å². The standard InChI is InChI=1S/C12H19NO4/c1-8(17-10(14)12(2,3)4)5-6-9-7-16-11(15)13-9/h5-6,8-9H,7H2,1-4H3,(H,13,15)/b6-5+/t8-,9+/m1/s1. The number of hydrogen-bond acceptors (Lipinski definition) is 4. The van der Waals surface area contributed by atoms with Crippen molar-refractivity contribution in [2.75, 3.05) is 6.61 Å². The van der Waals surface area contributed by atoms with Crippen LogP contribution in [0.5, 0.6) is 0 Å². The first kappa shape index (κ1) is 13.5. The Bertz CT molecular complexity index is 330. The molecule has 1 aliphatic heterocycles. The number of amides is 1. The van der Waals surface area contributed by atoms with Crippen molar-refractivity contribution in [2.45, 2.75) is 39.8 Å². The van der Waals surface area contributed by atoms with Crippen LogP contribution in [0.1, 0.15) is 27.7 Å². The van der Waals surface area contributed by atoms with Gasteiger partial charge in [0.05, 0.1) is 11.5 Å². The van der Waals surface area contributed by atoms with E-state index in [4.69, 9.17) is 9.47 Å². The largest absolute Gasteiger partial charge is 0.458 e. The van der Waals surface area contributed by atoms with Crippen molar-refractivity contribution in [2.24, 2.45) is 5.41 Å². The van der Waals surface area contributed by atoms with Crippen LogP contribution in [0.25, 0.3) is 0 Å². The minimum atomic E-state index is -0.507. The van der Waals surface area contributed by atoms with Crippen LogP contribution >= 0.6 is 0 Å². The molecule has 96 valence electrons. The van der Waals surface area contributed by atoms with Crippen LogP contribution in [-0.4, -0.2) is 30.8 Å². The molecule has 0 aromatic heterocycles. The molecule has 0 saturated carbocycles. The van der Waals surface area contributed by atoms with Gasteiger partial charge in [-0.3, -0.25) is 4.79 Å². The topological polar surface area (TPSA) is 64.6 Å². The second-order valence-electron chi connectivity index (χ2n) is 5.09. The van der Waals surface area contributed by atoms with E-state index in [1.165, 1.54) is 0 Å². The molecule has 1 aliphatic rings. The second kappa shape index (κ2) is 5.21. The maximum atomic E-state index is 11.6. The van der Waals surface area contributed by atoms with Gasteiger partial charge in [-0.05, 0) is 33.8 Å². The Balaban J connectivity index is 2.39. The van der Waals surface area contributed by atoms with Crippen LogP contribution in [0.15, 0.2) is 12.2 Å². The quantitative estimate of drug-likeness (QED) is 0.602. The summed E-state index contributed by atoms with van der Waals surface area (Å²) in [5, 5.41) is 2.60. The Labute approximate surface area is 101 Å². The minimum absolute atomic E-state index is 0.140. The number of hydrogen-bond donors (Lipinski definition) is 1. The maximum absolute atomic E-state index is 11.6. The van der Waals surface area contributed by atoms with Gasteiger partial charge in [0.25, 0.3) is 0 Å². The number of esters is 1. The molecule has 1 amide bonds. The first-order valence-electron chi connectivity index (χ1n) is 5.62. The summed E-state index contributed by atoms with van der Waals surface area (Å²) in [7, 11) is 0. The lowest BCUT2D eigenvalue weighted by Gasteiger charge is -2.19. The van der Waals surface area contributed by atoms with Crippen LogP contribution < -0.4 is 5.32 Å². The highest BCUT2D eigenvalue weighted by Crippen LogP contribution is 2.16. The third-order valence-electron chi connectivity index (χ3n) is 2.22. The van der Waals surface area contributed by atoms with Gasteiger partial charge in [-0.15, -0.1) is 0 Å². The number of alkyl carbamates (subject to hydrolysis) is 1. The van der Waals surface area contributed by atoms with Gasteiger partial charge in [0.15, 0.2) is 0 Å². The van der Waals surface area contributed by atoms with Crippen molar-refractivity contribution in [3.63, 3.8) is 0 Å². The Morgan fingerprint density at radius 2 is 2.24 bits per heavy atom. The summed E-state index contributed by atoms with van der Waals surface area (Å²) in [5.41, 5.74) is -0.507. The molecule has 1 rings (SSSR count). The number of carbonyl (C=O) groups is 2. The molecule has 1 N–H and O–H groups in total.